The summed E-state index contributed by atoms with van der Waals surface area (Å²) in [7, 11) is -2.19. The van der Waals surface area contributed by atoms with Crippen molar-refractivity contribution in [2.45, 2.75) is 4.90 Å². The van der Waals surface area contributed by atoms with Gasteiger partial charge in [-0.05, 0) is 13.1 Å². The summed E-state index contributed by atoms with van der Waals surface area (Å²) in [5.74, 6) is 0. The number of likely N-dealkylation sites (N-methyl/N-ethyl adjacent to an activating group) is 1. The highest BCUT2D eigenvalue weighted by Crippen LogP contribution is 2.24. The van der Waals surface area contributed by atoms with Crippen LogP contribution in [0.25, 0.3) is 0 Å². The third kappa shape index (κ3) is 2.74. The molecule has 1 saturated heterocycles. The summed E-state index contributed by atoms with van der Waals surface area (Å²) in [4.78, 5) is 7.75. The van der Waals surface area contributed by atoms with Crippen molar-refractivity contribution < 1.29 is 13.0 Å². The molecule has 2 heterocycles. The Morgan fingerprint density at radius 3 is 2.53 bits per heavy atom. The molecular weight excluding hydrogens is 242 g/mol. The number of hydrogen-bond acceptors (Lipinski definition) is 5. The minimum Gasteiger partial charge on any atom is -0.368 e. The Hall–Kier alpha value is -1.18. The lowest BCUT2D eigenvalue weighted by atomic mass is 10.3. The normalized spacial score (nSPS) is 18.4. The molecule has 6 nitrogen and oxygen atoms in total. The van der Waals surface area contributed by atoms with E-state index in [0.29, 0.717) is 5.69 Å². The van der Waals surface area contributed by atoms with Crippen molar-refractivity contribution in [1.29, 1.82) is 0 Å². The number of pyridine rings is 1. The zero-order valence-electron chi connectivity index (χ0n) is 9.57. The van der Waals surface area contributed by atoms with Crippen LogP contribution in [0.1, 0.15) is 0 Å². The van der Waals surface area contributed by atoms with Gasteiger partial charge in [-0.3, -0.25) is 9.54 Å². The predicted octanol–water partition coefficient (Wildman–Crippen LogP) is 0.0801. The van der Waals surface area contributed by atoms with Crippen LogP contribution in [0.4, 0.5) is 5.69 Å². The van der Waals surface area contributed by atoms with E-state index >= 15 is 0 Å². The van der Waals surface area contributed by atoms with Crippen molar-refractivity contribution in [2.75, 3.05) is 38.1 Å². The Morgan fingerprint density at radius 2 is 1.94 bits per heavy atom. The van der Waals surface area contributed by atoms with E-state index in [1.807, 2.05) is 11.9 Å². The minimum atomic E-state index is -4.21. The molecular formula is C10H15N3O3S. The van der Waals surface area contributed by atoms with Crippen LogP contribution in [0.15, 0.2) is 23.4 Å². The topological polar surface area (TPSA) is 73.7 Å². The summed E-state index contributed by atoms with van der Waals surface area (Å²) < 4.78 is 31.6. The van der Waals surface area contributed by atoms with Crippen LogP contribution in [0.2, 0.25) is 0 Å². The van der Waals surface area contributed by atoms with Crippen LogP contribution in [-0.2, 0) is 10.1 Å². The predicted molar refractivity (Wildman–Crippen MR) is 63.8 cm³/mol. The summed E-state index contributed by atoms with van der Waals surface area (Å²) in [6.07, 6.45) is 2.71. The lowest BCUT2D eigenvalue weighted by Gasteiger charge is -2.34. The number of rotatable bonds is 2. The molecule has 0 unspecified atom stereocenters. The van der Waals surface area contributed by atoms with E-state index in [-0.39, 0.29) is 4.90 Å². The maximum Gasteiger partial charge on any atom is 0.298 e. The summed E-state index contributed by atoms with van der Waals surface area (Å²) in [6, 6.07) is 1.62. The van der Waals surface area contributed by atoms with E-state index < -0.39 is 10.1 Å². The van der Waals surface area contributed by atoms with Crippen molar-refractivity contribution in [3.05, 3.63) is 18.5 Å². The summed E-state index contributed by atoms with van der Waals surface area (Å²) >= 11 is 0. The second-order valence-electron chi connectivity index (χ2n) is 4.11. The second-order valence-corrected chi connectivity index (χ2v) is 5.50. The van der Waals surface area contributed by atoms with E-state index in [1.54, 1.807) is 6.07 Å². The average Bonchev–Trinajstić information content (AvgIpc) is 2.29. The van der Waals surface area contributed by atoms with Gasteiger partial charge in [-0.25, -0.2) is 0 Å². The van der Waals surface area contributed by atoms with Gasteiger partial charge in [-0.15, -0.1) is 0 Å². The minimum absolute atomic E-state index is 0.121. The van der Waals surface area contributed by atoms with E-state index in [0.717, 1.165) is 26.2 Å². The molecule has 94 valence electrons. The number of nitrogens with zero attached hydrogens (tertiary/aromatic N) is 3. The summed E-state index contributed by atoms with van der Waals surface area (Å²) in [5, 5.41) is 0. The lowest BCUT2D eigenvalue weighted by molar-refractivity contribution is 0.312. The fraction of sp³-hybridized carbons (Fsp3) is 0.500. The molecule has 0 atom stereocenters. The Morgan fingerprint density at radius 1 is 1.29 bits per heavy atom. The fourth-order valence-corrected chi connectivity index (χ4v) is 2.54. The molecule has 0 aromatic carbocycles. The maximum atomic E-state index is 11.2. The molecule has 1 N–H and O–H groups in total. The van der Waals surface area contributed by atoms with Gasteiger partial charge in [0.25, 0.3) is 10.1 Å². The Balaban J connectivity index is 2.33. The van der Waals surface area contributed by atoms with E-state index in [2.05, 4.69) is 9.88 Å². The SMILES string of the molecule is CN1CCN(c2ccncc2S(=O)(=O)O)CC1. The first-order chi connectivity index (χ1) is 7.98. The quantitative estimate of drug-likeness (QED) is 0.756. The Bertz CT molecular complexity index is 495. The Kier molecular flexibility index (Phi) is 3.32. The smallest absolute Gasteiger partial charge is 0.298 e. The number of aromatic nitrogens is 1. The third-order valence-corrected chi connectivity index (χ3v) is 3.75. The van der Waals surface area contributed by atoms with E-state index in [4.69, 9.17) is 4.55 Å². The molecule has 0 radical (unpaired) electrons. The maximum absolute atomic E-state index is 11.2. The van der Waals surface area contributed by atoms with Gasteiger partial charge in [0.15, 0.2) is 0 Å². The van der Waals surface area contributed by atoms with Crippen molar-refractivity contribution in [1.82, 2.24) is 9.88 Å². The van der Waals surface area contributed by atoms with Gasteiger partial charge in [0, 0.05) is 32.4 Å². The first kappa shape index (κ1) is 12.3. The molecule has 0 amide bonds. The highest BCUT2D eigenvalue weighted by atomic mass is 32.2. The van der Waals surface area contributed by atoms with Crippen LogP contribution in [0, 0.1) is 0 Å². The standard InChI is InChI=1S/C10H15N3O3S/c1-12-4-6-13(7-5-12)9-2-3-11-8-10(9)17(14,15)16/h2-3,8H,4-7H2,1H3,(H,14,15,16). The molecule has 1 aliphatic rings. The molecule has 2 rings (SSSR count). The van der Waals surface area contributed by atoms with Crippen molar-refractivity contribution in [3.8, 4) is 0 Å². The van der Waals surface area contributed by atoms with Crippen LogP contribution in [0.3, 0.4) is 0 Å². The molecule has 1 aromatic heterocycles. The first-order valence-corrected chi connectivity index (χ1v) is 6.77. The molecule has 1 fully saturated rings. The van der Waals surface area contributed by atoms with E-state index in [9.17, 15) is 8.42 Å². The van der Waals surface area contributed by atoms with Gasteiger partial charge >= 0.3 is 0 Å². The molecule has 0 aliphatic carbocycles. The van der Waals surface area contributed by atoms with Crippen molar-refractivity contribution >= 4 is 15.8 Å². The first-order valence-electron chi connectivity index (χ1n) is 5.33. The van der Waals surface area contributed by atoms with Gasteiger partial charge in [0.05, 0.1) is 11.9 Å². The molecule has 7 heteroatoms. The molecule has 0 spiro atoms. The number of piperazine rings is 1. The Labute approximate surface area is 101 Å². The molecule has 0 saturated carbocycles. The van der Waals surface area contributed by atoms with Crippen molar-refractivity contribution in [3.63, 3.8) is 0 Å². The fourth-order valence-electron chi connectivity index (χ4n) is 1.88. The van der Waals surface area contributed by atoms with Crippen LogP contribution >= 0.6 is 0 Å². The molecule has 1 aromatic rings. The summed E-state index contributed by atoms with van der Waals surface area (Å²) in [6.45, 7) is 3.21. The third-order valence-electron chi connectivity index (χ3n) is 2.88. The van der Waals surface area contributed by atoms with Crippen LogP contribution < -0.4 is 4.90 Å². The lowest BCUT2D eigenvalue weighted by Crippen LogP contribution is -2.44. The monoisotopic (exact) mass is 257 g/mol. The zero-order valence-corrected chi connectivity index (χ0v) is 10.4. The van der Waals surface area contributed by atoms with Crippen LogP contribution in [0.5, 0.6) is 0 Å². The van der Waals surface area contributed by atoms with Crippen molar-refractivity contribution in [2.24, 2.45) is 0 Å². The average molecular weight is 257 g/mol. The second kappa shape index (κ2) is 4.59. The highest BCUT2D eigenvalue weighted by molar-refractivity contribution is 7.86. The number of hydrogen-bond donors (Lipinski definition) is 1. The van der Waals surface area contributed by atoms with Gasteiger partial charge in [0.1, 0.15) is 4.90 Å². The van der Waals surface area contributed by atoms with Gasteiger partial charge in [-0.2, -0.15) is 8.42 Å². The highest BCUT2D eigenvalue weighted by Gasteiger charge is 2.22. The van der Waals surface area contributed by atoms with Gasteiger partial charge in [0.2, 0.25) is 0 Å². The van der Waals surface area contributed by atoms with Gasteiger partial charge in [-0.1, -0.05) is 0 Å². The van der Waals surface area contributed by atoms with Crippen LogP contribution in [-0.4, -0.2) is 56.1 Å². The number of anilines is 1. The molecule has 17 heavy (non-hydrogen) atoms. The van der Waals surface area contributed by atoms with E-state index in [1.165, 1.54) is 12.4 Å². The van der Waals surface area contributed by atoms with Gasteiger partial charge < -0.3 is 9.80 Å². The summed E-state index contributed by atoms with van der Waals surface area (Å²) in [5.41, 5.74) is 0.524. The molecule has 1 aliphatic heterocycles. The zero-order chi connectivity index (χ0) is 12.5. The largest absolute Gasteiger partial charge is 0.368 e. The molecule has 0 bridgehead atoms.